The van der Waals surface area contributed by atoms with E-state index in [-0.39, 0.29) is 5.78 Å². The quantitative estimate of drug-likeness (QED) is 0.480. The molecule has 0 fully saturated rings. The minimum absolute atomic E-state index is 0.0669. The van der Waals surface area contributed by atoms with Crippen molar-refractivity contribution in [3.63, 3.8) is 0 Å². The number of benzene rings is 1. The number of halogens is 1. The van der Waals surface area contributed by atoms with Crippen molar-refractivity contribution in [1.82, 2.24) is 10.2 Å². The van der Waals surface area contributed by atoms with E-state index in [0.29, 0.717) is 16.9 Å². The van der Waals surface area contributed by atoms with E-state index in [1.165, 1.54) is 23.1 Å². The summed E-state index contributed by atoms with van der Waals surface area (Å²) in [6.45, 7) is 0. The summed E-state index contributed by atoms with van der Waals surface area (Å²) >= 11 is 6.09. The number of Topliss-reactive ketones (excluding diaryl/α,β-unsaturated/α-hetero) is 1. The Bertz CT molecular complexity index is 756. The first-order valence-electron chi connectivity index (χ1n) is 6.01. The van der Waals surface area contributed by atoms with Gasteiger partial charge in [-0.15, -0.1) is 21.5 Å². The maximum absolute atomic E-state index is 11.9. The number of hydrogen-bond acceptors (Lipinski definition) is 6. The number of aromatic nitrogens is 2. The lowest BCUT2D eigenvalue weighted by Gasteiger charge is -1.95. The first kappa shape index (κ1) is 14.5. The molecule has 2 aromatic heterocycles. The SMILES string of the molecule is O=C(CSc1nnc(-c2cccc(Br)c2)o1)c1cccs1. The lowest BCUT2D eigenvalue weighted by molar-refractivity contribution is 0.102. The fourth-order valence-corrected chi connectivity index (χ4v) is 3.44. The lowest BCUT2D eigenvalue weighted by Crippen LogP contribution is -1.98. The Hall–Kier alpha value is -1.44. The monoisotopic (exact) mass is 380 g/mol. The van der Waals surface area contributed by atoms with E-state index in [0.717, 1.165) is 14.9 Å². The molecule has 0 N–H and O–H groups in total. The van der Waals surface area contributed by atoms with Crippen LogP contribution in [-0.4, -0.2) is 21.7 Å². The summed E-state index contributed by atoms with van der Waals surface area (Å²) in [6, 6.07) is 11.3. The number of hydrogen-bond donors (Lipinski definition) is 0. The highest BCUT2D eigenvalue weighted by Gasteiger charge is 2.13. The van der Waals surface area contributed by atoms with Crippen LogP contribution in [0.1, 0.15) is 9.67 Å². The topological polar surface area (TPSA) is 56.0 Å². The van der Waals surface area contributed by atoms with Crippen LogP contribution in [0.2, 0.25) is 0 Å². The minimum atomic E-state index is 0.0669. The van der Waals surface area contributed by atoms with Gasteiger partial charge in [-0.05, 0) is 29.6 Å². The third kappa shape index (κ3) is 3.61. The van der Waals surface area contributed by atoms with Gasteiger partial charge in [-0.25, -0.2) is 0 Å². The normalized spacial score (nSPS) is 10.7. The van der Waals surface area contributed by atoms with E-state index in [1.807, 2.05) is 41.8 Å². The van der Waals surface area contributed by atoms with Crippen LogP contribution in [-0.2, 0) is 0 Å². The van der Waals surface area contributed by atoms with Gasteiger partial charge in [0.2, 0.25) is 5.89 Å². The molecule has 0 amide bonds. The summed E-state index contributed by atoms with van der Waals surface area (Å²) in [5.41, 5.74) is 0.841. The second-order valence-electron chi connectivity index (χ2n) is 4.07. The van der Waals surface area contributed by atoms with Crippen LogP contribution in [0.4, 0.5) is 0 Å². The van der Waals surface area contributed by atoms with Gasteiger partial charge in [0, 0.05) is 10.0 Å². The molecule has 0 aliphatic carbocycles. The van der Waals surface area contributed by atoms with Crippen molar-refractivity contribution in [2.45, 2.75) is 5.22 Å². The standard InChI is InChI=1S/C14H9BrN2O2S2/c15-10-4-1-3-9(7-10)13-16-17-14(19-13)21-8-11(18)12-5-2-6-20-12/h1-7H,8H2. The second-order valence-corrected chi connectivity index (χ2v) is 6.86. The van der Waals surface area contributed by atoms with Crippen LogP contribution >= 0.6 is 39.0 Å². The van der Waals surface area contributed by atoms with E-state index < -0.39 is 0 Å². The van der Waals surface area contributed by atoms with Crippen LogP contribution in [0.15, 0.2) is 55.9 Å². The van der Waals surface area contributed by atoms with Gasteiger partial charge in [-0.2, -0.15) is 0 Å². The lowest BCUT2D eigenvalue weighted by atomic mass is 10.2. The number of ketones is 1. The molecule has 0 radical (unpaired) electrons. The van der Waals surface area contributed by atoms with Gasteiger partial charge in [-0.3, -0.25) is 4.79 Å². The number of carbonyl (C=O) groups excluding carboxylic acids is 1. The summed E-state index contributed by atoms with van der Waals surface area (Å²) in [5, 5.41) is 10.2. The van der Waals surface area contributed by atoms with Crippen molar-refractivity contribution in [1.29, 1.82) is 0 Å². The molecule has 106 valence electrons. The molecule has 0 aliphatic heterocycles. The minimum Gasteiger partial charge on any atom is -0.411 e. The number of carbonyl (C=O) groups is 1. The first-order chi connectivity index (χ1) is 10.2. The number of thioether (sulfide) groups is 1. The van der Waals surface area contributed by atoms with Gasteiger partial charge in [0.05, 0.1) is 10.6 Å². The van der Waals surface area contributed by atoms with Gasteiger partial charge in [0.15, 0.2) is 5.78 Å². The Morgan fingerprint density at radius 1 is 1.29 bits per heavy atom. The van der Waals surface area contributed by atoms with Gasteiger partial charge in [-0.1, -0.05) is 39.8 Å². The summed E-state index contributed by atoms with van der Waals surface area (Å²) in [5.74, 6) is 0.806. The Morgan fingerprint density at radius 2 is 2.19 bits per heavy atom. The molecule has 7 heteroatoms. The molecule has 2 heterocycles. The summed E-state index contributed by atoms with van der Waals surface area (Å²) in [6.07, 6.45) is 0. The molecule has 0 atom stereocenters. The number of nitrogens with zero attached hydrogens (tertiary/aromatic N) is 2. The average molecular weight is 381 g/mol. The zero-order valence-corrected chi connectivity index (χ0v) is 13.9. The van der Waals surface area contributed by atoms with Gasteiger partial charge >= 0.3 is 0 Å². The number of rotatable bonds is 5. The van der Waals surface area contributed by atoms with E-state index in [2.05, 4.69) is 26.1 Å². The van der Waals surface area contributed by atoms with Crippen LogP contribution < -0.4 is 0 Å². The van der Waals surface area contributed by atoms with E-state index >= 15 is 0 Å². The summed E-state index contributed by atoms with van der Waals surface area (Å²) < 4.78 is 6.51. The van der Waals surface area contributed by atoms with Crippen molar-refractivity contribution >= 4 is 44.8 Å². The van der Waals surface area contributed by atoms with Crippen LogP contribution in [0.5, 0.6) is 0 Å². The third-order valence-electron chi connectivity index (χ3n) is 2.60. The molecule has 0 unspecified atom stereocenters. The molecule has 1 aromatic carbocycles. The van der Waals surface area contributed by atoms with Gasteiger partial charge in [0.1, 0.15) is 0 Å². The fraction of sp³-hybridized carbons (Fsp3) is 0.0714. The molecular weight excluding hydrogens is 372 g/mol. The molecule has 0 saturated carbocycles. The van der Waals surface area contributed by atoms with Gasteiger partial charge in [0.25, 0.3) is 5.22 Å². The van der Waals surface area contributed by atoms with Crippen molar-refractivity contribution in [2.24, 2.45) is 0 Å². The Balaban J connectivity index is 1.67. The Kier molecular flexibility index (Phi) is 4.52. The highest BCUT2D eigenvalue weighted by atomic mass is 79.9. The Labute approximate surface area is 137 Å². The smallest absolute Gasteiger partial charge is 0.277 e. The second kappa shape index (κ2) is 6.55. The van der Waals surface area contributed by atoms with E-state index in [9.17, 15) is 4.79 Å². The summed E-state index contributed by atoms with van der Waals surface area (Å²) in [7, 11) is 0. The molecule has 3 rings (SSSR count). The summed E-state index contributed by atoms with van der Waals surface area (Å²) in [4.78, 5) is 12.6. The molecule has 21 heavy (non-hydrogen) atoms. The van der Waals surface area contributed by atoms with Crippen molar-refractivity contribution < 1.29 is 9.21 Å². The van der Waals surface area contributed by atoms with Crippen LogP contribution in [0, 0.1) is 0 Å². The average Bonchev–Trinajstić information content (AvgIpc) is 3.16. The third-order valence-corrected chi connectivity index (χ3v) is 4.82. The van der Waals surface area contributed by atoms with E-state index in [1.54, 1.807) is 0 Å². The molecular formula is C14H9BrN2O2S2. The van der Waals surface area contributed by atoms with Crippen molar-refractivity contribution in [3.8, 4) is 11.5 Å². The molecule has 4 nitrogen and oxygen atoms in total. The van der Waals surface area contributed by atoms with Crippen molar-refractivity contribution in [2.75, 3.05) is 5.75 Å². The van der Waals surface area contributed by atoms with E-state index in [4.69, 9.17) is 4.42 Å². The zero-order valence-electron chi connectivity index (χ0n) is 10.7. The van der Waals surface area contributed by atoms with Crippen LogP contribution in [0.3, 0.4) is 0 Å². The van der Waals surface area contributed by atoms with Crippen molar-refractivity contribution in [3.05, 3.63) is 51.1 Å². The molecule has 0 saturated heterocycles. The van der Waals surface area contributed by atoms with Crippen LogP contribution in [0.25, 0.3) is 11.5 Å². The maximum atomic E-state index is 11.9. The zero-order chi connectivity index (χ0) is 14.7. The predicted molar refractivity (Wildman–Crippen MR) is 86.8 cm³/mol. The largest absolute Gasteiger partial charge is 0.411 e. The molecule has 0 spiro atoms. The predicted octanol–water partition coefficient (Wildman–Crippen LogP) is 4.54. The number of thiophene rings is 1. The Morgan fingerprint density at radius 3 is 2.95 bits per heavy atom. The maximum Gasteiger partial charge on any atom is 0.277 e. The molecule has 0 bridgehead atoms. The fourth-order valence-electron chi connectivity index (χ4n) is 1.64. The molecule has 3 aromatic rings. The highest BCUT2D eigenvalue weighted by molar-refractivity contribution is 9.10. The molecule has 0 aliphatic rings. The highest BCUT2D eigenvalue weighted by Crippen LogP contribution is 2.26. The first-order valence-corrected chi connectivity index (χ1v) is 8.67. The van der Waals surface area contributed by atoms with Gasteiger partial charge < -0.3 is 4.42 Å².